The van der Waals surface area contributed by atoms with E-state index in [0.717, 1.165) is 22.4 Å². The van der Waals surface area contributed by atoms with E-state index in [0.29, 0.717) is 35.1 Å². The summed E-state index contributed by atoms with van der Waals surface area (Å²) in [7, 11) is 0. The van der Waals surface area contributed by atoms with E-state index < -0.39 is 0 Å². The molecule has 3 aromatic rings. The highest BCUT2D eigenvalue weighted by Gasteiger charge is 2.21. The third-order valence-electron chi connectivity index (χ3n) is 4.05. The maximum Gasteiger partial charge on any atom is 0.205 e. The zero-order valence-corrected chi connectivity index (χ0v) is 14.4. The Bertz CT molecular complexity index is 997. The second kappa shape index (κ2) is 6.22. The Morgan fingerprint density at radius 1 is 1.24 bits per heavy atom. The quantitative estimate of drug-likeness (QED) is 0.527. The van der Waals surface area contributed by atoms with E-state index in [1.165, 1.54) is 0 Å². The third kappa shape index (κ3) is 2.96. The fourth-order valence-electron chi connectivity index (χ4n) is 2.82. The van der Waals surface area contributed by atoms with Gasteiger partial charge in [-0.15, -0.1) is 0 Å². The van der Waals surface area contributed by atoms with Gasteiger partial charge in [0.25, 0.3) is 0 Å². The Morgan fingerprint density at radius 3 is 2.80 bits per heavy atom. The maximum absolute atomic E-state index is 9.66. The number of aromatic hydroxyl groups is 1. The first kappa shape index (κ1) is 15.7. The number of H-pyrrole nitrogens is 1. The van der Waals surface area contributed by atoms with Crippen LogP contribution in [-0.2, 0) is 6.42 Å². The number of nitrogens with zero attached hydrogens (tertiary/aromatic N) is 1. The lowest BCUT2D eigenvalue weighted by molar-refractivity contribution is 0.340. The van der Waals surface area contributed by atoms with Gasteiger partial charge in [0.05, 0.1) is 12.2 Å². The molecule has 0 bridgehead atoms. The highest BCUT2D eigenvalue weighted by atomic mass is 32.1. The number of ether oxygens (including phenoxy) is 2. The summed E-state index contributed by atoms with van der Waals surface area (Å²) >= 11 is 5.46. The Kier molecular flexibility index (Phi) is 3.89. The highest BCUT2D eigenvalue weighted by molar-refractivity contribution is 7.71. The molecule has 5 nitrogen and oxygen atoms in total. The van der Waals surface area contributed by atoms with Crippen LogP contribution in [0.25, 0.3) is 11.4 Å². The van der Waals surface area contributed by atoms with E-state index in [-0.39, 0.29) is 5.75 Å². The minimum atomic E-state index is 0.168. The van der Waals surface area contributed by atoms with Crippen molar-refractivity contribution in [3.05, 3.63) is 58.2 Å². The summed E-state index contributed by atoms with van der Waals surface area (Å²) in [5.41, 5.74) is 2.71. The number of rotatable bonds is 3. The number of hydrogen-bond acceptors (Lipinski definition) is 5. The fraction of sp³-hybridized carbons (Fsp3) is 0.158. The zero-order chi connectivity index (χ0) is 17.4. The van der Waals surface area contributed by atoms with Gasteiger partial charge in [-0.25, -0.2) is 4.98 Å². The average Bonchev–Trinajstić information content (AvgIpc) is 2.61. The smallest absolute Gasteiger partial charge is 0.205 e. The van der Waals surface area contributed by atoms with Crippen molar-refractivity contribution in [2.24, 2.45) is 0 Å². The van der Waals surface area contributed by atoms with Crippen LogP contribution in [0.15, 0.2) is 42.5 Å². The van der Waals surface area contributed by atoms with E-state index in [2.05, 4.69) is 9.97 Å². The molecule has 1 aliphatic rings. The van der Waals surface area contributed by atoms with Crippen molar-refractivity contribution >= 4 is 12.2 Å². The Labute approximate surface area is 149 Å². The van der Waals surface area contributed by atoms with Crippen molar-refractivity contribution in [2.45, 2.75) is 13.3 Å². The van der Waals surface area contributed by atoms with Gasteiger partial charge in [0.15, 0.2) is 0 Å². The molecule has 0 amide bonds. The standard InChI is InChI=1S/C19H16N2O3S/c1-2-23-14-7-4-11(5-8-14)17-20-18-15(19(25)21-17)9-12-3-6-13(22)10-16(12)24-18/h3-8,10,22H,2,9H2,1H3,(H,20,21,25). The molecule has 0 radical (unpaired) electrons. The molecular weight excluding hydrogens is 336 g/mol. The third-order valence-corrected chi connectivity index (χ3v) is 4.38. The van der Waals surface area contributed by atoms with Crippen molar-refractivity contribution in [3.63, 3.8) is 0 Å². The normalized spacial score (nSPS) is 12.0. The number of aromatic nitrogens is 2. The van der Waals surface area contributed by atoms with E-state index >= 15 is 0 Å². The molecule has 4 rings (SSSR count). The van der Waals surface area contributed by atoms with Crippen LogP contribution in [0, 0.1) is 4.64 Å². The van der Waals surface area contributed by atoms with E-state index in [1.54, 1.807) is 12.1 Å². The number of phenols is 1. The lowest BCUT2D eigenvalue weighted by atomic mass is 10.0. The minimum Gasteiger partial charge on any atom is -0.508 e. The van der Waals surface area contributed by atoms with Gasteiger partial charge in [0.2, 0.25) is 5.88 Å². The van der Waals surface area contributed by atoms with Gasteiger partial charge in [-0.1, -0.05) is 18.3 Å². The highest BCUT2D eigenvalue weighted by Crippen LogP contribution is 2.38. The van der Waals surface area contributed by atoms with Gasteiger partial charge in [-0.2, -0.15) is 0 Å². The molecule has 0 atom stereocenters. The fourth-order valence-corrected chi connectivity index (χ4v) is 3.07. The number of hydrogen-bond donors (Lipinski definition) is 2. The molecule has 0 unspecified atom stereocenters. The molecular formula is C19H16N2O3S. The van der Waals surface area contributed by atoms with Crippen molar-refractivity contribution < 1.29 is 14.6 Å². The van der Waals surface area contributed by atoms with Gasteiger partial charge in [-0.3, -0.25) is 0 Å². The van der Waals surface area contributed by atoms with Gasteiger partial charge in [0, 0.05) is 18.1 Å². The first-order chi connectivity index (χ1) is 12.1. The second-order valence-electron chi connectivity index (χ2n) is 5.73. The Morgan fingerprint density at radius 2 is 2.04 bits per heavy atom. The lowest BCUT2D eigenvalue weighted by Crippen LogP contribution is -2.07. The van der Waals surface area contributed by atoms with Gasteiger partial charge >= 0.3 is 0 Å². The topological polar surface area (TPSA) is 67.4 Å². The molecule has 1 aromatic heterocycles. The van der Waals surface area contributed by atoms with Crippen molar-refractivity contribution in [3.8, 4) is 34.5 Å². The van der Waals surface area contributed by atoms with Crippen LogP contribution >= 0.6 is 12.2 Å². The molecule has 0 spiro atoms. The van der Waals surface area contributed by atoms with Crippen LogP contribution < -0.4 is 9.47 Å². The SMILES string of the molecule is CCOc1ccc(-c2nc(=S)c3c([nH]2)Oc2cc(O)ccc2C3)cc1. The number of fused-ring (bicyclic) bond motifs is 2. The lowest BCUT2D eigenvalue weighted by Gasteiger charge is -2.20. The summed E-state index contributed by atoms with van der Waals surface area (Å²) in [5.74, 6) is 2.81. The van der Waals surface area contributed by atoms with Crippen molar-refractivity contribution in [1.29, 1.82) is 0 Å². The molecule has 6 heteroatoms. The summed E-state index contributed by atoms with van der Waals surface area (Å²) in [6.07, 6.45) is 0.622. The molecule has 1 aliphatic heterocycles. The van der Waals surface area contributed by atoms with Crippen molar-refractivity contribution in [2.75, 3.05) is 6.61 Å². The van der Waals surface area contributed by atoms with Gasteiger partial charge in [-0.05, 0) is 42.8 Å². The average molecular weight is 352 g/mol. The predicted molar refractivity (Wildman–Crippen MR) is 97.0 cm³/mol. The molecule has 0 saturated heterocycles. The summed E-state index contributed by atoms with van der Waals surface area (Å²) < 4.78 is 11.9. The van der Waals surface area contributed by atoms with E-state index in [1.807, 2.05) is 37.3 Å². The molecule has 2 aromatic carbocycles. The van der Waals surface area contributed by atoms with Crippen molar-refractivity contribution in [1.82, 2.24) is 9.97 Å². The Hall–Kier alpha value is -2.86. The number of nitrogens with one attached hydrogen (secondary N) is 1. The number of phenolic OH excluding ortho intramolecular Hbond substituents is 1. The van der Waals surface area contributed by atoms with Crippen LogP contribution in [0.3, 0.4) is 0 Å². The number of aromatic amines is 1. The van der Waals surface area contributed by atoms with Crippen LogP contribution in [0.5, 0.6) is 23.1 Å². The second-order valence-corrected chi connectivity index (χ2v) is 6.11. The predicted octanol–water partition coefficient (Wildman–Crippen LogP) is 4.61. The zero-order valence-electron chi connectivity index (χ0n) is 13.6. The van der Waals surface area contributed by atoms with E-state index in [4.69, 9.17) is 21.7 Å². The number of benzene rings is 2. The first-order valence-electron chi connectivity index (χ1n) is 8.00. The first-order valence-corrected chi connectivity index (χ1v) is 8.41. The van der Waals surface area contributed by atoms with Crippen LogP contribution in [0.2, 0.25) is 0 Å². The summed E-state index contributed by atoms with van der Waals surface area (Å²) in [4.78, 5) is 7.72. The van der Waals surface area contributed by atoms with Crippen LogP contribution in [0.4, 0.5) is 0 Å². The van der Waals surface area contributed by atoms with E-state index in [9.17, 15) is 5.11 Å². The molecule has 0 fully saturated rings. The van der Waals surface area contributed by atoms with Gasteiger partial charge < -0.3 is 19.6 Å². The molecule has 25 heavy (non-hydrogen) atoms. The molecule has 0 aliphatic carbocycles. The van der Waals surface area contributed by atoms with Crippen LogP contribution in [0.1, 0.15) is 18.1 Å². The largest absolute Gasteiger partial charge is 0.508 e. The molecule has 2 heterocycles. The molecule has 2 N–H and O–H groups in total. The summed E-state index contributed by atoms with van der Waals surface area (Å²) in [6, 6.07) is 12.7. The molecule has 126 valence electrons. The Balaban J connectivity index is 1.73. The van der Waals surface area contributed by atoms with Gasteiger partial charge in [0.1, 0.15) is 27.7 Å². The van der Waals surface area contributed by atoms with Crippen LogP contribution in [-0.4, -0.2) is 21.7 Å². The molecule has 0 saturated carbocycles. The summed E-state index contributed by atoms with van der Waals surface area (Å²) in [5, 5.41) is 9.66. The summed E-state index contributed by atoms with van der Waals surface area (Å²) in [6.45, 7) is 2.57. The minimum absolute atomic E-state index is 0.168. The monoisotopic (exact) mass is 352 g/mol. The maximum atomic E-state index is 9.66.